The second-order valence-corrected chi connectivity index (χ2v) is 5.82. The Kier molecular flexibility index (Phi) is 3.83. The zero-order valence-corrected chi connectivity index (χ0v) is 10.1. The Balaban J connectivity index is 1.64. The van der Waals surface area contributed by atoms with E-state index in [-0.39, 0.29) is 12.8 Å². The molecule has 2 aliphatic carbocycles. The van der Waals surface area contributed by atoms with E-state index >= 15 is 0 Å². The SMILES string of the molecule is CC1CC[C@H](NCC2CCC(F)(F)CC2)C1. The van der Waals surface area contributed by atoms with Crippen molar-refractivity contribution in [3.8, 4) is 0 Å². The fourth-order valence-corrected chi connectivity index (χ4v) is 3.03. The van der Waals surface area contributed by atoms with Crippen LogP contribution in [0, 0.1) is 11.8 Å². The van der Waals surface area contributed by atoms with Gasteiger partial charge in [-0.3, -0.25) is 0 Å². The van der Waals surface area contributed by atoms with Crippen LogP contribution in [0.25, 0.3) is 0 Å². The molecule has 0 radical (unpaired) electrons. The normalized spacial score (nSPS) is 35.4. The third-order valence-electron chi connectivity index (χ3n) is 4.23. The summed E-state index contributed by atoms with van der Waals surface area (Å²) in [6.07, 6.45) is 5.44. The molecule has 0 aromatic rings. The zero-order chi connectivity index (χ0) is 11.6. The van der Waals surface area contributed by atoms with E-state index in [1.165, 1.54) is 19.3 Å². The molecule has 0 saturated heterocycles. The zero-order valence-electron chi connectivity index (χ0n) is 10.1. The Hall–Kier alpha value is -0.180. The quantitative estimate of drug-likeness (QED) is 0.782. The van der Waals surface area contributed by atoms with Crippen molar-refractivity contribution in [2.24, 2.45) is 11.8 Å². The van der Waals surface area contributed by atoms with Crippen molar-refractivity contribution < 1.29 is 8.78 Å². The lowest BCUT2D eigenvalue weighted by Crippen LogP contribution is -2.35. The number of hydrogen-bond donors (Lipinski definition) is 1. The molecule has 0 amide bonds. The van der Waals surface area contributed by atoms with Gasteiger partial charge in [-0.1, -0.05) is 6.92 Å². The van der Waals surface area contributed by atoms with E-state index in [0.717, 1.165) is 12.5 Å². The van der Waals surface area contributed by atoms with Crippen molar-refractivity contribution in [2.45, 2.75) is 63.8 Å². The standard InChI is InChI=1S/C13H23F2N/c1-10-2-3-12(8-10)16-9-11-4-6-13(14,15)7-5-11/h10-12,16H,2-9H2,1H3/t10?,12-/m0/s1. The van der Waals surface area contributed by atoms with E-state index in [1.807, 2.05) is 0 Å². The number of halogens is 2. The lowest BCUT2D eigenvalue weighted by molar-refractivity contribution is -0.0456. The van der Waals surface area contributed by atoms with Crippen molar-refractivity contribution in [2.75, 3.05) is 6.54 Å². The van der Waals surface area contributed by atoms with E-state index in [1.54, 1.807) is 0 Å². The molecule has 16 heavy (non-hydrogen) atoms. The summed E-state index contributed by atoms with van der Waals surface area (Å²) in [4.78, 5) is 0. The molecule has 0 aromatic heterocycles. The Labute approximate surface area is 97.0 Å². The molecule has 0 spiro atoms. The second kappa shape index (κ2) is 4.99. The highest BCUT2D eigenvalue weighted by molar-refractivity contribution is 4.82. The first-order valence-electron chi connectivity index (χ1n) is 6.66. The van der Waals surface area contributed by atoms with Crippen LogP contribution in [0.2, 0.25) is 0 Å². The highest BCUT2D eigenvalue weighted by Crippen LogP contribution is 2.36. The molecular formula is C13H23F2N. The third-order valence-corrected chi connectivity index (χ3v) is 4.23. The predicted octanol–water partition coefficient (Wildman–Crippen LogP) is 3.59. The first-order chi connectivity index (χ1) is 7.55. The van der Waals surface area contributed by atoms with Crippen molar-refractivity contribution in [3.63, 3.8) is 0 Å². The van der Waals surface area contributed by atoms with E-state index in [2.05, 4.69) is 12.2 Å². The molecule has 1 unspecified atom stereocenters. The number of alkyl halides is 2. The average molecular weight is 231 g/mol. The van der Waals surface area contributed by atoms with Gasteiger partial charge in [0.05, 0.1) is 0 Å². The summed E-state index contributed by atoms with van der Waals surface area (Å²) < 4.78 is 25.9. The molecule has 3 heteroatoms. The minimum absolute atomic E-state index is 0.0976. The summed E-state index contributed by atoms with van der Waals surface area (Å²) in [6.45, 7) is 3.25. The van der Waals surface area contributed by atoms with Gasteiger partial charge in [0.2, 0.25) is 5.92 Å². The van der Waals surface area contributed by atoms with Crippen LogP contribution in [0.1, 0.15) is 51.9 Å². The highest BCUT2D eigenvalue weighted by atomic mass is 19.3. The van der Waals surface area contributed by atoms with E-state index < -0.39 is 5.92 Å². The summed E-state index contributed by atoms with van der Waals surface area (Å²) in [5.41, 5.74) is 0. The summed E-state index contributed by atoms with van der Waals surface area (Å²) in [7, 11) is 0. The lowest BCUT2D eigenvalue weighted by atomic mass is 9.86. The molecule has 0 aliphatic heterocycles. The fraction of sp³-hybridized carbons (Fsp3) is 1.00. The van der Waals surface area contributed by atoms with Crippen LogP contribution in [-0.4, -0.2) is 18.5 Å². The van der Waals surface area contributed by atoms with Crippen LogP contribution in [0.15, 0.2) is 0 Å². The molecule has 0 bridgehead atoms. The topological polar surface area (TPSA) is 12.0 Å². The second-order valence-electron chi connectivity index (χ2n) is 5.82. The largest absolute Gasteiger partial charge is 0.314 e. The van der Waals surface area contributed by atoms with Crippen molar-refractivity contribution in [1.82, 2.24) is 5.32 Å². The van der Waals surface area contributed by atoms with Gasteiger partial charge in [-0.2, -0.15) is 0 Å². The molecule has 1 N–H and O–H groups in total. The molecule has 2 saturated carbocycles. The highest BCUT2D eigenvalue weighted by Gasteiger charge is 2.35. The van der Waals surface area contributed by atoms with Crippen molar-refractivity contribution >= 4 is 0 Å². The predicted molar refractivity (Wildman–Crippen MR) is 61.7 cm³/mol. The maximum atomic E-state index is 12.9. The molecule has 94 valence electrons. The Morgan fingerprint density at radius 1 is 1.12 bits per heavy atom. The van der Waals surface area contributed by atoms with Crippen LogP contribution >= 0.6 is 0 Å². The minimum atomic E-state index is -2.38. The number of hydrogen-bond acceptors (Lipinski definition) is 1. The minimum Gasteiger partial charge on any atom is -0.314 e. The first kappa shape index (κ1) is 12.3. The van der Waals surface area contributed by atoms with Crippen LogP contribution < -0.4 is 5.32 Å². The van der Waals surface area contributed by atoms with E-state index in [0.29, 0.717) is 24.8 Å². The van der Waals surface area contributed by atoms with Crippen LogP contribution in [0.4, 0.5) is 8.78 Å². The van der Waals surface area contributed by atoms with Gasteiger partial charge in [0.1, 0.15) is 0 Å². The Morgan fingerprint density at radius 2 is 1.81 bits per heavy atom. The monoisotopic (exact) mass is 231 g/mol. The summed E-state index contributed by atoms with van der Waals surface area (Å²) in [6, 6.07) is 0.650. The molecule has 0 aromatic carbocycles. The molecule has 2 rings (SSSR count). The summed E-state index contributed by atoms with van der Waals surface area (Å²) >= 11 is 0. The van der Waals surface area contributed by atoms with Crippen LogP contribution in [-0.2, 0) is 0 Å². The molecule has 2 atom stereocenters. The van der Waals surface area contributed by atoms with Gasteiger partial charge in [0.25, 0.3) is 0 Å². The lowest BCUT2D eigenvalue weighted by Gasteiger charge is -2.29. The van der Waals surface area contributed by atoms with Gasteiger partial charge in [0.15, 0.2) is 0 Å². The number of rotatable bonds is 3. The molecule has 1 nitrogen and oxygen atoms in total. The number of nitrogens with one attached hydrogen (secondary N) is 1. The summed E-state index contributed by atoms with van der Waals surface area (Å²) in [5.74, 6) is -1.05. The third kappa shape index (κ3) is 3.41. The Morgan fingerprint density at radius 3 is 2.38 bits per heavy atom. The molecule has 0 heterocycles. The van der Waals surface area contributed by atoms with E-state index in [4.69, 9.17) is 0 Å². The van der Waals surface area contributed by atoms with Gasteiger partial charge >= 0.3 is 0 Å². The average Bonchev–Trinajstić information content (AvgIpc) is 2.63. The van der Waals surface area contributed by atoms with E-state index in [9.17, 15) is 8.78 Å². The van der Waals surface area contributed by atoms with Gasteiger partial charge in [-0.05, 0) is 50.5 Å². The first-order valence-corrected chi connectivity index (χ1v) is 6.66. The van der Waals surface area contributed by atoms with Crippen LogP contribution in [0.3, 0.4) is 0 Å². The maximum Gasteiger partial charge on any atom is 0.248 e. The van der Waals surface area contributed by atoms with Gasteiger partial charge < -0.3 is 5.32 Å². The summed E-state index contributed by atoms with van der Waals surface area (Å²) in [5, 5.41) is 3.56. The molecular weight excluding hydrogens is 208 g/mol. The van der Waals surface area contributed by atoms with Gasteiger partial charge in [-0.15, -0.1) is 0 Å². The van der Waals surface area contributed by atoms with Gasteiger partial charge in [0, 0.05) is 18.9 Å². The fourth-order valence-electron chi connectivity index (χ4n) is 3.03. The van der Waals surface area contributed by atoms with Crippen molar-refractivity contribution in [1.29, 1.82) is 0 Å². The van der Waals surface area contributed by atoms with Crippen molar-refractivity contribution in [3.05, 3.63) is 0 Å². The smallest absolute Gasteiger partial charge is 0.248 e. The maximum absolute atomic E-state index is 12.9. The Bertz CT molecular complexity index is 220. The van der Waals surface area contributed by atoms with Crippen LogP contribution in [0.5, 0.6) is 0 Å². The molecule has 2 aliphatic rings. The van der Waals surface area contributed by atoms with Gasteiger partial charge in [-0.25, -0.2) is 8.78 Å². The molecule has 2 fully saturated rings.